The molecule has 2 amide bonds. The highest BCUT2D eigenvalue weighted by Gasteiger charge is 2.25. The summed E-state index contributed by atoms with van der Waals surface area (Å²) in [6.45, 7) is 4.45. The summed E-state index contributed by atoms with van der Waals surface area (Å²) >= 11 is 0. The summed E-state index contributed by atoms with van der Waals surface area (Å²) in [5.74, 6) is -5.45. The van der Waals surface area contributed by atoms with E-state index in [1.807, 2.05) is 0 Å². The average molecular weight is 693 g/mol. The molecule has 3 rings (SSSR count). The number of nitrogens with zero attached hydrogens (tertiary/aromatic N) is 1. The van der Waals surface area contributed by atoms with Crippen LogP contribution in [0.3, 0.4) is 0 Å². The molecule has 0 unspecified atom stereocenters. The number of ether oxygens (including phenoxy) is 5. The van der Waals surface area contributed by atoms with Crippen LogP contribution in [0.5, 0.6) is 28.7 Å². The molecule has 15 heteroatoms. The molecule has 2 N–H and O–H groups in total. The van der Waals surface area contributed by atoms with E-state index in [4.69, 9.17) is 28.8 Å². The molecule has 0 fully saturated rings. The zero-order valence-electron chi connectivity index (χ0n) is 27.8. The van der Waals surface area contributed by atoms with Gasteiger partial charge in [-0.15, -0.1) is 0 Å². The molecule has 15 nitrogen and oxygen atoms in total. The second kappa shape index (κ2) is 18.3. The van der Waals surface area contributed by atoms with Crippen molar-refractivity contribution in [3.05, 3.63) is 77.4 Å². The lowest BCUT2D eigenvalue weighted by atomic mass is 10.1. The number of carbonyl (C=O) groups is 7. The van der Waals surface area contributed by atoms with Crippen molar-refractivity contribution >= 4 is 41.7 Å². The molecule has 0 aliphatic heterocycles. The molecule has 0 spiro atoms. The number of amides is 2. The predicted octanol–water partition coefficient (Wildman–Crippen LogP) is 3.70. The summed E-state index contributed by atoms with van der Waals surface area (Å²) in [6, 6.07) is 15.0. The van der Waals surface area contributed by atoms with Gasteiger partial charge in [0.15, 0.2) is 29.6 Å². The Labute approximate surface area is 287 Å². The van der Waals surface area contributed by atoms with Gasteiger partial charge in [-0.1, -0.05) is 24.3 Å². The Hall–Kier alpha value is -6.25. The van der Waals surface area contributed by atoms with Crippen LogP contribution < -0.4 is 29.0 Å². The molecule has 0 aliphatic carbocycles. The minimum absolute atomic E-state index is 0.0304. The standard InChI is InChI=1S/C35H36N2O13/c1-21(38)47-29-11-7-9-27(32(29)49-23(3)40)34(44)36-17-5-6-18-37(19-25-13-15-26(16-14-25)46-20-31(42)43)35(45)28-10-8-12-30(48-22(2)39)33(28)50-24(4)41/h7-16H,5-6,17-20H2,1-4H3,(H,36,44)(H,42,43). The van der Waals surface area contributed by atoms with Crippen molar-refractivity contribution in [1.82, 2.24) is 10.2 Å². The number of carboxylic acids is 1. The minimum Gasteiger partial charge on any atom is -0.482 e. The van der Waals surface area contributed by atoms with Crippen molar-refractivity contribution in [2.45, 2.75) is 47.1 Å². The number of hydrogen-bond donors (Lipinski definition) is 2. The van der Waals surface area contributed by atoms with Gasteiger partial charge in [-0.25, -0.2) is 4.79 Å². The summed E-state index contributed by atoms with van der Waals surface area (Å²) in [4.78, 5) is 86.2. The Kier molecular flexibility index (Phi) is 14.0. The Morgan fingerprint density at radius 1 is 0.660 bits per heavy atom. The van der Waals surface area contributed by atoms with Crippen LogP contribution in [0.4, 0.5) is 0 Å². The van der Waals surface area contributed by atoms with Crippen molar-refractivity contribution in [2.24, 2.45) is 0 Å². The van der Waals surface area contributed by atoms with E-state index in [1.54, 1.807) is 24.3 Å². The second-order valence-corrected chi connectivity index (χ2v) is 10.7. The Morgan fingerprint density at radius 2 is 1.18 bits per heavy atom. The molecule has 0 saturated heterocycles. The molecule has 0 atom stereocenters. The second-order valence-electron chi connectivity index (χ2n) is 10.7. The summed E-state index contributed by atoms with van der Waals surface area (Å²) in [6.07, 6.45) is 0.761. The monoisotopic (exact) mass is 692 g/mol. The van der Waals surface area contributed by atoms with Gasteiger partial charge >= 0.3 is 29.8 Å². The maximum atomic E-state index is 14.0. The maximum absolute atomic E-state index is 14.0. The van der Waals surface area contributed by atoms with Crippen molar-refractivity contribution in [3.63, 3.8) is 0 Å². The molecular formula is C35H36N2O13. The number of carbonyl (C=O) groups excluding carboxylic acids is 6. The van der Waals surface area contributed by atoms with Crippen LogP contribution in [0.1, 0.15) is 66.8 Å². The van der Waals surface area contributed by atoms with E-state index in [0.29, 0.717) is 24.2 Å². The fourth-order valence-corrected chi connectivity index (χ4v) is 4.55. The summed E-state index contributed by atoms with van der Waals surface area (Å²) in [7, 11) is 0. The number of carboxylic acid groups (broad SMARTS) is 1. The Bertz CT molecular complexity index is 1750. The third-order valence-corrected chi connectivity index (χ3v) is 6.52. The van der Waals surface area contributed by atoms with E-state index < -0.39 is 48.3 Å². The predicted molar refractivity (Wildman–Crippen MR) is 174 cm³/mol. The molecule has 50 heavy (non-hydrogen) atoms. The van der Waals surface area contributed by atoms with E-state index in [2.05, 4.69) is 5.32 Å². The highest BCUT2D eigenvalue weighted by atomic mass is 16.6. The Morgan fingerprint density at radius 3 is 1.70 bits per heavy atom. The van der Waals surface area contributed by atoms with E-state index in [1.165, 1.54) is 41.3 Å². The van der Waals surface area contributed by atoms with Crippen LogP contribution in [0, 0.1) is 0 Å². The number of hydrogen-bond acceptors (Lipinski definition) is 12. The van der Waals surface area contributed by atoms with Crippen LogP contribution >= 0.6 is 0 Å². The van der Waals surface area contributed by atoms with E-state index in [9.17, 15) is 33.6 Å². The quantitative estimate of drug-likeness (QED) is 0.125. The Balaban J connectivity index is 1.80. The lowest BCUT2D eigenvalue weighted by Crippen LogP contribution is -2.33. The molecule has 0 bridgehead atoms. The summed E-state index contributed by atoms with van der Waals surface area (Å²) < 4.78 is 25.9. The normalized spacial score (nSPS) is 10.3. The minimum atomic E-state index is -1.14. The number of rotatable bonds is 16. The van der Waals surface area contributed by atoms with Gasteiger partial charge < -0.3 is 39.0 Å². The number of unbranched alkanes of at least 4 members (excludes halogenated alkanes) is 1. The summed E-state index contributed by atoms with van der Waals surface area (Å²) in [5, 5.41) is 11.6. The van der Waals surface area contributed by atoms with Gasteiger partial charge in [0.2, 0.25) is 0 Å². The third kappa shape index (κ3) is 11.8. The van der Waals surface area contributed by atoms with Gasteiger partial charge in [-0.3, -0.25) is 28.8 Å². The largest absolute Gasteiger partial charge is 0.482 e. The third-order valence-electron chi connectivity index (χ3n) is 6.52. The molecule has 0 heterocycles. The molecule has 0 saturated carbocycles. The number of para-hydroxylation sites is 2. The van der Waals surface area contributed by atoms with Gasteiger partial charge in [0.05, 0.1) is 11.1 Å². The maximum Gasteiger partial charge on any atom is 0.341 e. The van der Waals surface area contributed by atoms with Crippen molar-refractivity contribution in [3.8, 4) is 28.7 Å². The first-order valence-electron chi connectivity index (χ1n) is 15.3. The van der Waals surface area contributed by atoms with Gasteiger partial charge in [-0.05, 0) is 54.8 Å². The first-order chi connectivity index (χ1) is 23.7. The number of nitrogens with one attached hydrogen (secondary N) is 1. The van der Waals surface area contributed by atoms with E-state index in [-0.39, 0.29) is 53.8 Å². The molecule has 0 aromatic heterocycles. The molecule has 3 aromatic carbocycles. The van der Waals surface area contributed by atoms with Crippen molar-refractivity contribution in [2.75, 3.05) is 19.7 Å². The first kappa shape index (κ1) is 38.2. The smallest absolute Gasteiger partial charge is 0.341 e. The van der Waals surface area contributed by atoms with Gasteiger partial charge in [0.1, 0.15) is 5.75 Å². The number of aliphatic carboxylic acids is 1. The molecule has 0 aliphatic rings. The van der Waals surface area contributed by atoms with E-state index in [0.717, 1.165) is 27.7 Å². The lowest BCUT2D eigenvalue weighted by Gasteiger charge is -2.24. The van der Waals surface area contributed by atoms with Crippen LogP contribution in [0.15, 0.2) is 60.7 Å². The molecule has 0 radical (unpaired) electrons. The fraction of sp³-hybridized carbons (Fsp3) is 0.286. The van der Waals surface area contributed by atoms with Gasteiger partial charge in [0.25, 0.3) is 11.8 Å². The highest BCUT2D eigenvalue weighted by Crippen LogP contribution is 2.34. The average Bonchev–Trinajstić information content (AvgIpc) is 3.04. The SMILES string of the molecule is CC(=O)Oc1cccc(C(=O)NCCCCN(Cc2ccc(OCC(=O)O)cc2)C(=O)c2cccc(OC(C)=O)c2OC(C)=O)c1OC(C)=O. The van der Waals surface area contributed by atoms with Crippen LogP contribution in [0.25, 0.3) is 0 Å². The highest BCUT2D eigenvalue weighted by molar-refractivity contribution is 5.99. The van der Waals surface area contributed by atoms with E-state index >= 15 is 0 Å². The topological polar surface area (TPSA) is 201 Å². The summed E-state index contributed by atoms with van der Waals surface area (Å²) in [5.41, 5.74) is 0.585. The number of benzene rings is 3. The van der Waals surface area contributed by atoms with Crippen LogP contribution in [-0.2, 0) is 30.5 Å². The fourth-order valence-electron chi connectivity index (χ4n) is 4.55. The van der Waals surface area contributed by atoms with Gasteiger partial charge in [0, 0.05) is 47.3 Å². The lowest BCUT2D eigenvalue weighted by molar-refractivity contribution is -0.139. The van der Waals surface area contributed by atoms with Crippen molar-refractivity contribution in [1.29, 1.82) is 0 Å². The van der Waals surface area contributed by atoms with Gasteiger partial charge in [-0.2, -0.15) is 0 Å². The number of esters is 4. The zero-order chi connectivity index (χ0) is 36.8. The first-order valence-corrected chi connectivity index (χ1v) is 15.3. The zero-order valence-corrected chi connectivity index (χ0v) is 27.8. The van der Waals surface area contributed by atoms with Crippen molar-refractivity contribution < 1.29 is 62.4 Å². The molecular weight excluding hydrogens is 656 g/mol. The molecule has 264 valence electrons. The molecule has 3 aromatic rings. The van der Waals surface area contributed by atoms with Crippen LogP contribution in [-0.4, -0.2) is 71.4 Å². The van der Waals surface area contributed by atoms with Crippen LogP contribution in [0.2, 0.25) is 0 Å².